The Morgan fingerprint density at radius 2 is 1.54 bits per heavy atom. The van der Waals surface area contributed by atoms with E-state index in [9.17, 15) is 14.4 Å². The number of carbonyl (C=O) groups is 3. The van der Waals surface area contributed by atoms with Crippen molar-refractivity contribution in [3.8, 4) is 0 Å². The van der Waals surface area contributed by atoms with Gasteiger partial charge in [0.05, 0.1) is 30.6 Å². The molecule has 1 unspecified atom stereocenters. The minimum atomic E-state index is -0.864. The molecule has 2 aliphatic heterocycles. The highest BCUT2D eigenvalue weighted by molar-refractivity contribution is 9.10. The second-order valence-electron chi connectivity index (χ2n) is 18.6. The minimum absolute atomic E-state index is 0.0623. The number of allylic oxidation sites excluding steroid dienone is 1. The Hall–Kier alpha value is -7.24. The summed E-state index contributed by atoms with van der Waals surface area (Å²) in [6.45, 7) is 17.7. The molecule has 1 atom stereocenters. The first-order valence-corrected chi connectivity index (χ1v) is 28.1. The van der Waals surface area contributed by atoms with Crippen molar-refractivity contribution in [2.24, 2.45) is 10.7 Å². The molecule has 4 aromatic carbocycles. The summed E-state index contributed by atoms with van der Waals surface area (Å²) in [4.78, 5) is 57.8. The Morgan fingerprint density at radius 1 is 0.863 bits per heavy atom. The fourth-order valence-corrected chi connectivity index (χ4v) is 9.24. The van der Waals surface area contributed by atoms with Gasteiger partial charge >= 0.3 is 12.1 Å². The molecule has 0 bridgehead atoms. The zero-order chi connectivity index (χ0) is 57.8. The third-order valence-electron chi connectivity index (χ3n) is 11.1. The number of aryl methyl sites for hydroxylation is 1. The molecule has 2 aliphatic rings. The molecule has 1 saturated heterocycles. The van der Waals surface area contributed by atoms with E-state index in [1.165, 1.54) is 27.2 Å². The number of carbonyl (C=O) groups excluding carboxylic acids is 2. The number of rotatable bonds is 9. The van der Waals surface area contributed by atoms with Crippen LogP contribution in [0.4, 0.5) is 27.8 Å². The highest BCUT2D eigenvalue weighted by Crippen LogP contribution is 2.29. The highest BCUT2D eigenvalue weighted by atomic mass is 79.9. The molecule has 0 radical (unpaired) electrons. The van der Waals surface area contributed by atoms with Gasteiger partial charge in [0.15, 0.2) is 5.78 Å². The first kappa shape index (κ1) is 62.0. The van der Waals surface area contributed by atoms with Gasteiger partial charge in [-0.1, -0.05) is 76.0 Å². The lowest BCUT2D eigenvalue weighted by Crippen LogP contribution is -2.27. The number of aromatic amines is 1. The minimum Gasteiger partial charge on any atom is -0.477 e. The Balaban J connectivity index is 0.000000165. The van der Waals surface area contributed by atoms with Gasteiger partial charge < -0.3 is 41.2 Å². The van der Waals surface area contributed by atoms with Crippen LogP contribution in [0.3, 0.4) is 0 Å². The molecule has 7 heterocycles. The fourth-order valence-electron chi connectivity index (χ4n) is 7.28. The first-order chi connectivity index (χ1) is 38.3. The topological polar surface area (TPSA) is 250 Å². The number of benzene rings is 4. The quantitative estimate of drug-likeness (QED) is 0.0581. The van der Waals surface area contributed by atoms with Crippen LogP contribution in [0.25, 0.3) is 37.5 Å². The number of aromatic nitrogens is 7. The van der Waals surface area contributed by atoms with E-state index in [0.717, 1.165) is 97.6 Å². The summed E-state index contributed by atoms with van der Waals surface area (Å²) in [5, 5.41) is 25.4. The fraction of sp³-hybridized carbons (Fsp3) is 0.259. The molecule has 22 heteroatoms. The second kappa shape index (κ2) is 30.4. The van der Waals surface area contributed by atoms with Crippen LogP contribution in [0, 0.1) is 6.92 Å². The largest absolute Gasteiger partial charge is 0.477 e. The number of halogens is 3. The SMILES string of the molecule is CC(=O)c1cc2ccc(Br)cc2[nH]1.CC(C)(C)OC(=O)n1ncc2cc(Nc3ccnc(Cl)n3)ccc21.CCNCC.Cc1nccc(Nc2ccc(C3=CCN=C3)cc2)n1.NC1CCOC1.O=C(O)c1cc2ccc(Br)cc2s1. The van der Waals surface area contributed by atoms with Gasteiger partial charge in [-0.25, -0.2) is 29.5 Å². The van der Waals surface area contributed by atoms with E-state index in [1.54, 1.807) is 43.7 Å². The summed E-state index contributed by atoms with van der Waals surface area (Å²) in [5.74, 6) is 1.34. The number of hydrogen-bond donors (Lipinski definition) is 6. The van der Waals surface area contributed by atoms with Crippen molar-refractivity contribution in [3.05, 3.63) is 164 Å². The van der Waals surface area contributed by atoms with Crippen LogP contribution < -0.4 is 21.7 Å². The number of thiophene rings is 1. The lowest BCUT2D eigenvalue weighted by molar-refractivity contribution is 0.0522. The van der Waals surface area contributed by atoms with E-state index in [4.69, 9.17) is 31.9 Å². The van der Waals surface area contributed by atoms with E-state index in [2.05, 4.69) is 115 Å². The summed E-state index contributed by atoms with van der Waals surface area (Å²) in [6, 6.07) is 32.8. The number of H-pyrrole nitrogens is 1. The van der Waals surface area contributed by atoms with Crippen LogP contribution in [0.15, 0.2) is 142 Å². The van der Waals surface area contributed by atoms with Crippen molar-refractivity contribution >= 4 is 139 Å². The third kappa shape index (κ3) is 19.8. The molecular weight excluding hydrogens is 1190 g/mol. The summed E-state index contributed by atoms with van der Waals surface area (Å²) in [6.07, 6.45) is 9.49. The van der Waals surface area contributed by atoms with E-state index in [-0.39, 0.29) is 11.1 Å². The maximum absolute atomic E-state index is 12.2. The molecule has 11 rings (SSSR count). The first-order valence-electron chi connectivity index (χ1n) is 25.4. The second-order valence-corrected chi connectivity index (χ2v) is 21.9. The molecule has 18 nitrogen and oxygen atoms in total. The average molecular weight is 1250 g/mol. The van der Waals surface area contributed by atoms with Gasteiger partial charge in [0.1, 0.15) is 27.9 Å². The molecule has 0 amide bonds. The number of anilines is 4. The van der Waals surface area contributed by atoms with Crippen molar-refractivity contribution in [1.82, 2.24) is 40.0 Å². The molecule has 5 aromatic heterocycles. The van der Waals surface area contributed by atoms with Gasteiger partial charge in [0, 0.05) is 79.5 Å². The number of carboxylic acids is 1. The number of carboxylic acid groups (broad SMARTS) is 1. The maximum atomic E-state index is 12.2. The van der Waals surface area contributed by atoms with Crippen molar-refractivity contribution < 1.29 is 29.0 Å². The van der Waals surface area contributed by atoms with Crippen molar-refractivity contribution in [3.63, 3.8) is 0 Å². The van der Waals surface area contributed by atoms with Gasteiger partial charge in [0.2, 0.25) is 5.28 Å². The number of hydrogen-bond acceptors (Lipinski definition) is 16. The molecule has 9 aromatic rings. The number of fused-ring (bicyclic) bond motifs is 3. The summed E-state index contributed by atoms with van der Waals surface area (Å²) in [5.41, 5.74) is 11.3. The highest BCUT2D eigenvalue weighted by Gasteiger charge is 2.20. The van der Waals surface area contributed by atoms with Crippen LogP contribution in [0.5, 0.6) is 0 Å². The average Bonchev–Trinajstić information content (AvgIpc) is 4.35. The number of nitrogens with two attached hydrogens (primary N) is 1. The van der Waals surface area contributed by atoms with Crippen molar-refractivity contribution in [2.45, 2.75) is 66.5 Å². The molecule has 1 fully saturated rings. The molecule has 7 N–H and O–H groups in total. The molecule has 418 valence electrons. The molecule has 80 heavy (non-hydrogen) atoms. The molecular formula is C58H63Br2ClN12O6S. The van der Waals surface area contributed by atoms with Gasteiger partial charge in [-0.05, 0) is 154 Å². The smallest absolute Gasteiger partial charge is 0.435 e. The molecule has 0 spiro atoms. The normalized spacial score (nSPS) is 13.2. The molecule has 0 saturated carbocycles. The number of nitrogens with one attached hydrogen (secondary N) is 4. The van der Waals surface area contributed by atoms with Crippen molar-refractivity contribution in [1.29, 1.82) is 0 Å². The lowest BCUT2D eigenvalue weighted by Gasteiger charge is -2.19. The Kier molecular flexibility index (Phi) is 23.5. The Bertz CT molecular complexity index is 3480. The zero-order valence-electron chi connectivity index (χ0n) is 45.3. The number of ether oxygens (including phenoxy) is 2. The van der Waals surface area contributed by atoms with Crippen molar-refractivity contribution in [2.75, 3.05) is 43.5 Å². The summed E-state index contributed by atoms with van der Waals surface area (Å²) in [7, 11) is 0. The van der Waals surface area contributed by atoms with E-state index >= 15 is 0 Å². The van der Waals surface area contributed by atoms with Gasteiger partial charge in [-0.3, -0.25) is 9.79 Å². The number of ketones is 1. The number of nitrogens with zero attached hydrogens (tertiary/aromatic N) is 7. The number of aliphatic imine (C=N–C) groups is 1. The predicted molar refractivity (Wildman–Crippen MR) is 330 cm³/mol. The van der Waals surface area contributed by atoms with E-state index in [0.29, 0.717) is 27.9 Å². The monoisotopic (exact) mass is 1250 g/mol. The third-order valence-corrected chi connectivity index (χ3v) is 13.3. The van der Waals surface area contributed by atoms with E-state index < -0.39 is 17.7 Å². The predicted octanol–water partition coefficient (Wildman–Crippen LogP) is 13.8. The standard InChI is InChI=1S/C16H16ClN5O2.C15H14N4.C10H8BrNO.C9H5BrO2S.C4H9NO.C4H11N/c1-16(2,3)24-15(23)22-12-5-4-11(8-10(12)9-19-22)20-13-6-7-18-14(17)21-13;1-11-17-9-7-15(18-11)19-14-4-2-12(3-5-14)13-6-8-16-10-13;1-6(13)9-4-7-2-3-8(11)5-10(7)12-9;10-6-2-1-5-3-8(9(11)12)13-7(5)4-6;5-4-1-2-6-3-4;1-3-5-4-2/h4-9H,1-3H3,(H,18,20,21);2-7,9-10H,8H2,1H3,(H,17,18,19);2-5,12H,1H3;1-4H,(H,11,12);4H,1-3,5H2;5H,3-4H2,1-2H3. The number of aromatic carboxylic acids is 1. The van der Waals surface area contributed by atoms with Gasteiger partial charge in [-0.15, -0.1) is 11.3 Å². The van der Waals surface area contributed by atoms with Crippen LogP contribution in [-0.2, 0) is 9.47 Å². The summed E-state index contributed by atoms with van der Waals surface area (Å²) >= 11 is 13.8. The van der Waals surface area contributed by atoms with Gasteiger partial charge in [0.25, 0.3) is 0 Å². The Labute approximate surface area is 490 Å². The Morgan fingerprint density at radius 3 is 2.12 bits per heavy atom. The van der Waals surface area contributed by atoms with Gasteiger partial charge in [-0.2, -0.15) is 9.78 Å². The van der Waals surface area contributed by atoms with E-state index in [1.807, 2.05) is 107 Å². The maximum Gasteiger partial charge on any atom is 0.435 e. The zero-order valence-corrected chi connectivity index (χ0v) is 50.0. The van der Waals surface area contributed by atoms with Crippen LogP contribution >= 0.6 is 54.8 Å². The lowest BCUT2D eigenvalue weighted by atomic mass is 10.1. The van der Waals surface area contributed by atoms with Crippen LogP contribution in [0.1, 0.15) is 79.5 Å². The van der Waals surface area contributed by atoms with Crippen LogP contribution in [-0.4, -0.2) is 108 Å². The van der Waals surface area contributed by atoms with Crippen LogP contribution in [0.2, 0.25) is 5.28 Å². The number of Topliss-reactive ketones (excluding diaryl/α,β-unsaturated/α-hetero) is 1. The summed E-state index contributed by atoms with van der Waals surface area (Å²) < 4.78 is 14.5. The molecule has 0 aliphatic carbocycles.